The van der Waals surface area contributed by atoms with Crippen LogP contribution in [0, 0.1) is 11.7 Å². The van der Waals surface area contributed by atoms with E-state index in [0.29, 0.717) is 21.4 Å². The normalized spacial score (nSPS) is 17.2. The third-order valence-electron chi connectivity index (χ3n) is 3.76. The Labute approximate surface area is 148 Å². The van der Waals surface area contributed by atoms with Crippen LogP contribution in [0.25, 0.3) is 0 Å². The quantitative estimate of drug-likeness (QED) is 0.887. The summed E-state index contributed by atoms with van der Waals surface area (Å²) in [6, 6.07) is 10.3. The molecule has 1 fully saturated rings. The maximum absolute atomic E-state index is 13.0. The van der Waals surface area contributed by atoms with E-state index in [1.165, 1.54) is 29.2 Å². The Morgan fingerprint density at radius 2 is 1.75 bits per heavy atom. The van der Waals surface area contributed by atoms with Gasteiger partial charge in [-0.05, 0) is 42.5 Å². The lowest BCUT2D eigenvalue weighted by atomic mass is 10.1. The van der Waals surface area contributed by atoms with Crippen molar-refractivity contribution < 1.29 is 14.0 Å². The third kappa shape index (κ3) is 3.68. The van der Waals surface area contributed by atoms with Gasteiger partial charge in [-0.2, -0.15) is 0 Å². The molecule has 0 saturated carbocycles. The van der Waals surface area contributed by atoms with E-state index < -0.39 is 5.92 Å². The number of hydrogen-bond acceptors (Lipinski definition) is 2. The first-order chi connectivity index (χ1) is 11.4. The van der Waals surface area contributed by atoms with Crippen molar-refractivity contribution in [2.24, 2.45) is 5.92 Å². The molecular weight excluding hydrogens is 354 g/mol. The van der Waals surface area contributed by atoms with Crippen molar-refractivity contribution in [1.29, 1.82) is 0 Å². The van der Waals surface area contributed by atoms with Crippen molar-refractivity contribution in [3.63, 3.8) is 0 Å². The Balaban J connectivity index is 1.70. The van der Waals surface area contributed by atoms with Crippen LogP contribution in [-0.2, 0) is 9.59 Å². The first kappa shape index (κ1) is 16.7. The number of rotatable bonds is 3. The highest BCUT2D eigenvalue weighted by molar-refractivity contribution is 6.35. The lowest BCUT2D eigenvalue weighted by Crippen LogP contribution is -2.28. The molecule has 7 heteroatoms. The van der Waals surface area contributed by atoms with Crippen molar-refractivity contribution in [2.45, 2.75) is 6.42 Å². The van der Waals surface area contributed by atoms with Gasteiger partial charge in [-0.15, -0.1) is 0 Å². The highest BCUT2D eigenvalue weighted by atomic mass is 35.5. The molecule has 1 unspecified atom stereocenters. The van der Waals surface area contributed by atoms with E-state index in [2.05, 4.69) is 5.32 Å². The van der Waals surface area contributed by atoms with Gasteiger partial charge in [-0.25, -0.2) is 4.39 Å². The summed E-state index contributed by atoms with van der Waals surface area (Å²) in [6.07, 6.45) is 0.0947. The molecule has 1 aliphatic heterocycles. The molecule has 124 valence electrons. The van der Waals surface area contributed by atoms with Gasteiger partial charge in [-0.3, -0.25) is 9.59 Å². The van der Waals surface area contributed by atoms with Crippen molar-refractivity contribution in [3.8, 4) is 0 Å². The highest BCUT2D eigenvalue weighted by Crippen LogP contribution is 2.27. The van der Waals surface area contributed by atoms with Crippen LogP contribution in [0.15, 0.2) is 42.5 Å². The SMILES string of the molecule is O=C(Nc1cc(Cl)cc(Cl)c1)C1CC(=O)N(c2ccc(F)cc2)C1. The van der Waals surface area contributed by atoms with Crippen LogP contribution in [0.5, 0.6) is 0 Å². The molecule has 3 rings (SSSR count). The minimum Gasteiger partial charge on any atom is -0.326 e. The van der Waals surface area contributed by atoms with E-state index in [1.54, 1.807) is 18.2 Å². The number of benzene rings is 2. The minimum absolute atomic E-state index is 0.0947. The van der Waals surface area contributed by atoms with E-state index in [0.717, 1.165) is 0 Å². The maximum Gasteiger partial charge on any atom is 0.229 e. The zero-order valence-electron chi connectivity index (χ0n) is 12.4. The summed E-state index contributed by atoms with van der Waals surface area (Å²) in [7, 11) is 0. The summed E-state index contributed by atoms with van der Waals surface area (Å²) in [5.41, 5.74) is 1.05. The third-order valence-corrected chi connectivity index (χ3v) is 4.20. The number of nitrogens with zero attached hydrogens (tertiary/aromatic N) is 1. The molecule has 2 aromatic rings. The predicted octanol–water partition coefficient (Wildman–Crippen LogP) is 4.12. The summed E-state index contributed by atoms with van der Waals surface area (Å²) in [4.78, 5) is 26.0. The van der Waals surface area contributed by atoms with Crippen LogP contribution < -0.4 is 10.2 Å². The van der Waals surface area contributed by atoms with Crippen LogP contribution in [0.2, 0.25) is 10.0 Å². The van der Waals surface area contributed by atoms with Gasteiger partial charge in [0.15, 0.2) is 0 Å². The number of amides is 2. The first-order valence-corrected chi connectivity index (χ1v) is 8.01. The van der Waals surface area contributed by atoms with Crippen molar-refractivity contribution in [1.82, 2.24) is 0 Å². The van der Waals surface area contributed by atoms with Gasteiger partial charge in [0.2, 0.25) is 11.8 Å². The van der Waals surface area contributed by atoms with Gasteiger partial charge in [0, 0.05) is 34.4 Å². The molecule has 1 atom stereocenters. The van der Waals surface area contributed by atoms with Crippen LogP contribution in [0.3, 0.4) is 0 Å². The largest absolute Gasteiger partial charge is 0.326 e. The summed E-state index contributed by atoms with van der Waals surface area (Å²) < 4.78 is 13.0. The average Bonchev–Trinajstić information content (AvgIpc) is 2.89. The van der Waals surface area contributed by atoms with E-state index in [-0.39, 0.29) is 30.6 Å². The van der Waals surface area contributed by atoms with Gasteiger partial charge in [0.25, 0.3) is 0 Å². The molecule has 1 saturated heterocycles. The van der Waals surface area contributed by atoms with Crippen molar-refractivity contribution >= 4 is 46.4 Å². The fraction of sp³-hybridized carbons (Fsp3) is 0.176. The lowest BCUT2D eigenvalue weighted by Gasteiger charge is -2.16. The molecule has 4 nitrogen and oxygen atoms in total. The Morgan fingerprint density at radius 3 is 2.38 bits per heavy atom. The second-order valence-electron chi connectivity index (χ2n) is 5.53. The van der Waals surface area contributed by atoms with Gasteiger partial charge >= 0.3 is 0 Å². The monoisotopic (exact) mass is 366 g/mol. The molecule has 0 aromatic heterocycles. The van der Waals surface area contributed by atoms with Gasteiger partial charge in [-0.1, -0.05) is 23.2 Å². The molecule has 24 heavy (non-hydrogen) atoms. The fourth-order valence-electron chi connectivity index (χ4n) is 2.62. The molecule has 0 spiro atoms. The number of hydrogen-bond donors (Lipinski definition) is 1. The van der Waals surface area contributed by atoms with Crippen LogP contribution >= 0.6 is 23.2 Å². The Kier molecular flexibility index (Phi) is 4.73. The van der Waals surface area contributed by atoms with E-state index >= 15 is 0 Å². The Hall–Kier alpha value is -2.11. The standard InChI is InChI=1S/C17H13Cl2FN2O2/c18-11-6-12(19)8-14(7-11)21-17(24)10-5-16(23)22(9-10)15-3-1-13(20)2-4-15/h1-4,6-8,10H,5,9H2,(H,21,24). The molecule has 2 aromatic carbocycles. The minimum atomic E-state index is -0.500. The molecule has 0 aliphatic carbocycles. The summed E-state index contributed by atoms with van der Waals surface area (Å²) in [5.74, 6) is -1.34. The van der Waals surface area contributed by atoms with E-state index in [4.69, 9.17) is 23.2 Å². The smallest absolute Gasteiger partial charge is 0.229 e. The summed E-state index contributed by atoms with van der Waals surface area (Å²) in [6.45, 7) is 0.241. The topological polar surface area (TPSA) is 49.4 Å². The number of halogens is 3. The average molecular weight is 367 g/mol. The van der Waals surface area contributed by atoms with Crippen LogP contribution in [0.4, 0.5) is 15.8 Å². The fourth-order valence-corrected chi connectivity index (χ4v) is 3.15. The second kappa shape index (κ2) is 6.79. The molecular formula is C17H13Cl2FN2O2. The second-order valence-corrected chi connectivity index (χ2v) is 6.40. The number of carbonyl (C=O) groups is 2. The zero-order valence-corrected chi connectivity index (χ0v) is 13.9. The number of nitrogens with one attached hydrogen (secondary N) is 1. The zero-order chi connectivity index (χ0) is 17.3. The van der Waals surface area contributed by atoms with Gasteiger partial charge in [0.1, 0.15) is 5.82 Å². The number of anilines is 2. The first-order valence-electron chi connectivity index (χ1n) is 7.25. The van der Waals surface area contributed by atoms with Gasteiger partial charge in [0.05, 0.1) is 5.92 Å². The predicted molar refractivity (Wildman–Crippen MR) is 92.0 cm³/mol. The molecule has 1 N–H and O–H groups in total. The lowest BCUT2D eigenvalue weighted by molar-refractivity contribution is -0.122. The van der Waals surface area contributed by atoms with Crippen molar-refractivity contribution in [2.75, 3.05) is 16.8 Å². The molecule has 1 aliphatic rings. The van der Waals surface area contributed by atoms with Crippen LogP contribution in [-0.4, -0.2) is 18.4 Å². The molecule has 2 amide bonds. The number of carbonyl (C=O) groups excluding carboxylic acids is 2. The molecule has 1 heterocycles. The maximum atomic E-state index is 13.0. The molecule has 0 bridgehead atoms. The Bertz CT molecular complexity index is 775. The Morgan fingerprint density at radius 1 is 1.12 bits per heavy atom. The highest BCUT2D eigenvalue weighted by Gasteiger charge is 2.35. The van der Waals surface area contributed by atoms with E-state index in [1.807, 2.05) is 0 Å². The van der Waals surface area contributed by atoms with Crippen molar-refractivity contribution in [3.05, 3.63) is 58.3 Å². The summed E-state index contributed by atoms with van der Waals surface area (Å²) >= 11 is 11.8. The van der Waals surface area contributed by atoms with Crippen LogP contribution in [0.1, 0.15) is 6.42 Å². The molecule has 0 radical (unpaired) electrons. The summed E-state index contributed by atoms with van der Waals surface area (Å²) in [5, 5.41) is 3.54. The van der Waals surface area contributed by atoms with E-state index in [9.17, 15) is 14.0 Å². The van der Waals surface area contributed by atoms with Gasteiger partial charge < -0.3 is 10.2 Å².